The Labute approximate surface area is 101 Å². The minimum atomic E-state index is 0. The lowest BCUT2D eigenvalue weighted by Crippen LogP contribution is -1.89. The third-order valence-electron chi connectivity index (χ3n) is 2.73. The summed E-state index contributed by atoms with van der Waals surface area (Å²) in [5, 5.41) is 9.82. The van der Waals surface area contributed by atoms with Crippen molar-refractivity contribution >= 4 is 30.1 Å². The lowest BCUT2D eigenvalue weighted by atomic mass is 9.97. The molecule has 0 bridgehead atoms. The molecule has 0 aliphatic heterocycles. The van der Waals surface area contributed by atoms with Gasteiger partial charge >= 0.3 is 0 Å². The molecular formula is C14H11ClO. The molecule has 1 nitrogen and oxygen atoms in total. The number of allylic oxidation sites excluding steroid dienone is 5. The third-order valence-corrected chi connectivity index (χ3v) is 2.73. The first-order valence-corrected chi connectivity index (χ1v) is 4.96. The van der Waals surface area contributed by atoms with Crippen molar-refractivity contribution < 1.29 is 5.11 Å². The van der Waals surface area contributed by atoms with Crippen molar-refractivity contribution in [1.29, 1.82) is 0 Å². The molecule has 1 aromatic carbocycles. The highest BCUT2D eigenvalue weighted by molar-refractivity contribution is 5.96. The molecule has 0 unspecified atom stereocenters. The number of hydrogen-bond donors (Lipinski definition) is 1. The van der Waals surface area contributed by atoms with Gasteiger partial charge in [0.05, 0.1) is 0 Å². The van der Waals surface area contributed by atoms with Gasteiger partial charge in [-0.1, -0.05) is 48.6 Å². The number of hydrogen-bond acceptors (Lipinski definition) is 1. The van der Waals surface area contributed by atoms with Gasteiger partial charge in [-0.3, -0.25) is 0 Å². The van der Waals surface area contributed by atoms with Crippen LogP contribution in [0.25, 0.3) is 17.7 Å². The van der Waals surface area contributed by atoms with Crippen LogP contribution in [0.15, 0.2) is 48.3 Å². The quantitative estimate of drug-likeness (QED) is 0.715. The summed E-state index contributed by atoms with van der Waals surface area (Å²) in [4.78, 5) is 0. The van der Waals surface area contributed by atoms with E-state index in [1.54, 1.807) is 0 Å². The normalized spacial score (nSPS) is 15.5. The molecule has 0 heterocycles. The molecular weight excluding hydrogens is 220 g/mol. The summed E-state index contributed by atoms with van der Waals surface area (Å²) >= 11 is 0. The summed E-state index contributed by atoms with van der Waals surface area (Å²) in [6.07, 6.45) is 11.8. The predicted molar refractivity (Wildman–Crippen MR) is 70.4 cm³/mol. The van der Waals surface area contributed by atoms with E-state index in [0.29, 0.717) is 5.76 Å². The topological polar surface area (TPSA) is 20.2 Å². The van der Waals surface area contributed by atoms with Gasteiger partial charge in [-0.2, -0.15) is 0 Å². The number of aliphatic hydroxyl groups excluding tert-OH is 1. The molecule has 1 N–H and O–H groups in total. The van der Waals surface area contributed by atoms with Crippen LogP contribution in [0.4, 0.5) is 0 Å². The summed E-state index contributed by atoms with van der Waals surface area (Å²) < 4.78 is 0. The van der Waals surface area contributed by atoms with Crippen molar-refractivity contribution in [1.82, 2.24) is 0 Å². The van der Waals surface area contributed by atoms with Gasteiger partial charge in [0.15, 0.2) is 0 Å². The monoisotopic (exact) mass is 230 g/mol. The molecule has 0 saturated carbocycles. The van der Waals surface area contributed by atoms with E-state index in [2.05, 4.69) is 12.1 Å². The predicted octanol–water partition coefficient (Wildman–Crippen LogP) is 3.99. The molecule has 0 saturated heterocycles. The van der Waals surface area contributed by atoms with Gasteiger partial charge in [-0.15, -0.1) is 12.4 Å². The molecule has 0 amide bonds. The molecule has 16 heavy (non-hydrogen) atoms. The number of rotatable bonds is 0. The number of halogens is 1. The van der Waals surface area contributed by atoms with Gasteiger partial charge < -0.3 is 5.11 Å². The average molecular weight is 231 g/mol. The molecule has 0 aromatic heterocycles. The van der Waals surface area contributed by atoms with Gasteiger partial charge in [0.2, 0.25) is 0 Å². The van der Waals surface area contributed by atoms with Gasteiger partial charge in [-0.25, -0.2) is 0 Å². The summed E-state index contributed by atoms with van der Waals surface area (Å²) in [6, 6.07) is 6.10. The van der Waals surface area contributed by atoms with Crippen LogP contribution in [0.1, 0.15) is 16.7 Å². The van der Waals surface area contributed by atoms with E-state index in [4.69, 9.17) is 0 Å². The van der Waals surface area contributed by atoms with Gasteiger partial charge in [0.25, 0.3) is 0 Å². The second-order valence-corrected chi connectivity index (χ2v) is 3.67. The lowest BCUT2D eigenvalue weighted by molar-refractivity contribution is 0.444. The Morgan fingerprint density at radius 1 is 0.938 bits per heavy atom. The van der Waals surface area contributed by atoms with Crippen molar-refractivity contribution in [2.24, 2.45) is 0 Å². The van der Waals surface area contributed by atoms with E-state index in [9.17, 15) is 5.11 Å². The Morgan fingerprint density at radius 2 is 1.75 bits per heavy atom. The van der Waals surface area contributed by atoms with E-state index >= 15 is 0 Å². The van der Waals surface area contributed by atoms with Crippen LogP contribution < -0.4 is 0 Å². The van der Waals surface area contributed by atoms with Gasteiger partial charge in [-0.05, 0) is 22.8 Å². The fourth-order valence-electron chi connectivity index (χ4n) is 2.06. The third kappa shape index (κ3) is 1.50. The molecule has 2 aliphatic carbocycles. The first-order valence-electron chi connectivity index (χ1n) is 4.96. The van der Waals surface area contributed by atoms with Gasteiger partial charge in [0.1, 0.15) is 5.76 Å². The minimum absolute atomic E-state index is 0. The second-order valence-electron chi connectivity index (χ2n) is 3.67. The van der Waals surface area contributed by atoms with Crippen molar-refractivity contribution in [3.8, 4) is 0 Å². The van der Waals surface area contributed by atoms with Crippen LogP contribution in [0.2, 0.25) is 0 Å². The molecule has 0 spiro atoms. The molecule has 2 heteroatoms. The Kier molecular flexibility index (Phi) is 2.71. The Hall–Kier alpha value is -1.73. The van der Waals surface area contributed by atoms with Crippen LogP contribution in [-0.4, -0.2) is 5.11 Å². The van der Waals surface area contributed by atoms with E-state index in [1.807, 2.05) is 42.5 Å². The van der Waals surface area contributed by atoms with Crippen LogP contribution in [0.3, 0.4) is 0 Å². The zero-order chi connectivity index (χ0) is 10.3. The summed E-state index contributed by atoms with van der Waals surface area (Å²) in [5.41, 5.74) is 4.30. The molecule has 0 fully saturated rings. The van der Waals surface area contributed by atoms with Crippen molar-refractivity contribution in [3.05, 3.63) is 65.0 Å². The first kappa shape index (κ1) is 10.8. The van der Waals surface area contributed by atoms with Crippen LogP contribution in [0.5, 0.6) is 0 Å². The molecule has 3 rings (SSSR count). The largest absolute Gasteiger partial charge is 0.507 e. The highest BCUT2D eigenvalue weighted by Gasteiger charge is 2.20. The number of benzene rings is 1. The first-order chi connectivity index (χ1) is 7.36. The van der Waals surface area contributed by atoms with Crippen LogP contribution in [-0.2, 0) is 0 Å². The van der Waals surface area contributed by atoms with E-state index in [1.165, 1.54) is 0 Å². The van der Waals surface area contributed by atoms with Crippen molar-refractivity contribution in [2.75, 3.05) is 0 Å². The van der Waals surface area contributed by atoms with Crippen molar-refractivity contribution in [2.45, 2.75) is 0 Å². The summed E-state index contributed by atoms with van der Waals surface area (Å²) in [7, 11) is 0. The zero-order valence-electron chi connectivity index (χ0n) is 8.55. The molecule has 0 atom stereocenters. The van der Waals surface area contributed by atoms with Crippen LogP contribution >= 0.6 is 12.4 Å². The molecule has 80 valence electrons. The van der Waals surface area contributed by atoms with E-state index in [-0.39, 0.29) is 12.4 Å². The second kappa shape index (κ2) is 4.03. The summed E-state index contributed by atoms with van der Waals surface area (Å²) in [5.74, 6) is 0.359. The number of aliphatic hydroxyl groups is 1. The average Bonchev–Trinajstić information content (AvgIpc) is 2.50. The maximum atomic E-state index is 9.82. The standard InChI is InChI=1S/C14H10O.ClH/c15-13-9-11-7-4-6-10-5-2-1-3-8-12(13)14(10)11;/h1-9,15H;1H. The SMILES string of the molecule is Cl.OC1=Cc2cccc3c2C1=CC=CC=C3. The Morgan fingerprint density at radius 3 is 2.62 bits per heavy atom. The fourth-order valence-corrected chi connectivity index (χ4v) is 2.06. The Balaban J connectivity index is 0.000000963. The molecule has 0 radical (unpaired) electrons. The van der Waals surface area contributed by atoms with Gasteiger partial charge in [0, 0.05) is 5.57 Å². The van der Waals surface area contributed by atoms with E-state index < -0.39 is 0 Å². The lowest BCUT2D eigenvalue weighted by Gasteiger charge is -2.07. The maximum absolute atomic E-state index is 9.82. The molecule has 1 aromatic rings. The molecule has 2 aliphatic rings. The maximum Gasteiger partial charge on any atom is 0.124 e. The zero-order valence-corrected chi connectivity index (χ0v) is 9.37. The highest BCUT2D eigenvalue weighted by Crippen LogP contribution is 2.37. The summed E-state index contributed by atoms with van der Waals surface area (Å²) in [6.45, 7) is 0. The fraction of sp³-hybridized carbons (Fsp3) is 0. The Bertz CT molecular complexity index is 548. The smallest absolute Gasteiger partial charge is 0.124 e. The van der Waals surface area contributed by atoms with Crippen molar-refractivity contribution in [3.63, 3.8) is 0 Å². The van der Waals surface area contributed by atoms with E-state index in [0.717, 1.165) is 22.3 Å². The van der Waals surface area contributed by atoms with Crippen LogP contribution in [0, 0.1) is 0 Å². The minimum Gasteiger partial charge on any atom is -0.507 e. The highest BCUT2D eigenvalue weighted by atomic mass is 35.5.